The van der Waals surface area contributed by atoms with Gasteiger partial charge >= 0.3 is 5.97 Å². The Labute approximate surface area is 173 Å². The van der Waals surface area contributed by atoms with Crippen LogP contribution in [0, 0.1) is 6.92 Å². The zero-order chi connectivity index (χ0) is 20.8. The van der Waals surface area contributed by atoms with Gasteiger partial charge in [-0.3, -0.25) is 4.79 Å². The lowest BCUT2D eigenvalue weighted by molar-refractivity contribution is -0.123. The van der Waals surface area contributed by atoms with Crippen molar-refractivity contribution in [2.45, 2.75) is 26.6 Å². The number of esters is 1. The number of ether oxygens (including phenoxy) is 2. The van der Waals surface area contributed by atoms with Crippen LogP contribution < -0.4 is 10.1 Å². The molecule has 0 bridgehead atoms. The number of nitrogens with one attached hydrogen (secondary N) is 1. The minimum atomic E-state index is -1.02. The number of carbonyl (C=O) groups is 2. The van der Waals surface area contributed by atoms with E-state index >= 15 is 0 Å². The van der Waals surface area contributed by atoms with Gasteiger partial charge in [0, 0.05) is 10.7 Å². The van der Waals surface area contributed by atoms with E-state index in [2.05, 4.69) is 5.32 Å². The Kier molecular flexibility index (Phi) is 6.57. The zero-order valence-corrected chi connectivity index (χ0v) is 16.7. The average molecular weight is 414 g/mol. The van der Waals surface area contributed by atoms with Crippen LogP contribution in [0.5, 0.6) is 5.75 Å². The standard InChI is InChI=1S/C22H20ClNO5/c1-14-18(23)9-6-10-19(14)24-21(25)15(2)28-22(26)20-12-11-17(29-20)13-27-16-7-4-3-5-8-16/h3-12,15H,13H2,1-2H3,(H,24,25)/t15-/m0/s1. The Morgan fingerprint density at radius 1 is 1.07 bits per heavy atom. The lowest BCUT2D eigenvalue weighted by Gasteiger charge is -2.14. The zero-order valence-electron chi connectivity index (χ0n) is 16.0. The molecule has 0 radical (unpaired) electrons. The van der Waals surface area contributed by atoms with E-state index in [9.17, 15) is 9.59 Å². The average Bonchev–Trinajstić information content (AvgIpc) is 3.20. The number of benzene rings is 2. The van der Waals surface area contributed by atoms with Gasteiger partial charge in [0.05, 0.1) is 0 Å². The van der Waals surface area contributed by atoms with Gasteiger partial charge in [0.25, 0.3) is 5.91 Å². The fourth-order valence-electron chi connectivity index (χ4n) is 2.49. The van der Waals surface area contributed by atoms with Crippen LogP contribution in [0.3, 0.4) is 0 Å². The van der Waals surface area contributed by atoms with Crippen molar-refractivity contribution in [2.24, 2.45) is 0 Å². The summed E-state index contributed by atoms with van der Waals surface area (Å²) < 4.78 is 16.2. The van der Waals surface area contributed by atoms with Gasteiger partial charge in [-0.2, -0.15) is 0 Å². The second kappa shape index (κ2) is 9.30. The van der Waals surface area contributed by atoms with Crippen molar-refractivity contribution >= 4 is 29.2 Å². The second-order valence-electron chi connectivity index (χ2n) is 6.32. The molecule has 0 saturated carbocycles. The summed E-state index contributed by atoms with van der Waals surface area (Å²) in [6.45, 7) is 3.44. The van der Waals surface area contributed by atoms with Crippen LogP contribution in [0.1, 0.15) is 28.8 Å². The molecule has 1 heterocycles. The maximum atomic E-state index is 12.3. The summed E-state index contributed by atoms with van der Waals surface area (Å²) in [7, 11) is 0. The molecule has 0 unspecified atom stereocenters. The number of hydrogen-bond donors (Lipinski definition) is 1. The van der Waals surface area contributed by atoms with Crippen LogP contribution in [0.15, 0.2) is 65.1 Å². The highest BCUT2D eigenvalue weighted by Gasteiger charge is 2.22. The maximum absolute atomic E-state index is 12.3. The Morgan fingerprint density at radius 3 is 2.59 bits per heavy atom. The van der Waals surface area contributed by atoms with E-state index < -0.39 is 18.0 Å². The Bertz CT molecular complexity index is 999. The van der Waals surface area contributed by atoms with Gasteiger partial charge in [-0.15, -0.1) is 0 Å². The molecule has 1 N–H and O–H groups in total. The first-order chi connectivity index (χ1) is 13.9. The van der Waals surface area contributed by atoms with Crippen molar-refractivity contribution in [3.63, 3.8) is 0 Å². The van der Waals surface area contributed by atoms with Crippen molar-refractivity contribution in [1.82, 2.24) is 0 Å². The molecule has 2 aromatic carbocycles. The van der Waals surface area contributed by atoms with E-state index in [0.29, 0.717) is 22.2 Å². The summed E-state index contributed by atoms with van der Waals surface area (Å²) in [5.74, 6) is -0.0540. The van der Waals surface area contributed by atoms with E-state index in [1.165, 1.54) is 13.0 Å². The molecule has 1 atom stereocenters. The Hall–Kier alpha value is -3.25. The SMILES string of the molecule is Cc1c(Cl)cccc1NC(=O)[C@H](C)OC(=O)c1ccc(COc2ccccc2)o1. The van der Waals surface area contributed by atoms with Gasteiger partial charge in [0.1, 0.15) is 18.1 Å². The molecule has 29 heavy (non-hydrogen) atoms. The van der Waals surface area contributed by atoms with Crippen LogP contribution in [-0.2, 0) is 16.1 Å². The molecule has 0 aliphatic carbocycles. The highest BCUT2D eigenvalue weighted by Crippen LogP contribution is 2.23. The number of halogens is 1. The molecule has 1 amide bonds. The molecule has 0 aliphatic heterocycles. The minimum absolute atomic E-state index is 0.00440. The van der Waals surface area contributed by atoms with E-state index in [4.69, 9.17) is 25.5 Å². The van der Waals surface area contributed by atoms with Crippen molar-refractivity contribution in [2.75, 3.05) is 5.32 Å². The van der Waals surface area contributed by atoms with E-state index in [1.54, 1.807) is 31.2 Å². The fourth-order valence-corrected chi connectivity index (χ4v) is 2.66. The van der Waals surface area contributed by atoms with E-state index in [1.807, 2.05) is 30.3 Å². The molecular formula is C22H20ClNO5. The number of para-hydroxylation sites is 1. The topological polar surface area (TPSA) is 77.8 Å². The quantitative estimate of drug-likeness (QED) is 0.551. The normalized spacial score (nSPS) is 11.6. The van der Waals surface area contributed by atoms with E-state index in [0.717, 1.165) is 5.56 Å². The van der Waals surface area contributed by atoms with Crippen LogP contribution in [0.2, 0.25) is 5.02 Å². The lowest BCUT2D eigenvalue weighted by Crippen LogP contribution is -2.30. The summed E-state index contributed by atoms with van der Waals surface area (Å²) in [6, 6.07) is 17.5. The van der Waals surface area contributed by atoms with Gasteiger partial charge in [-0.1, -0.05) is 35.9 Å². The summed E-state index contributed by atoms with van der Waals surface area (Å²) in [5.41, 5.74) is 1.29. The van der Waals surface area contributed by atoms with Crippen molar-refractivity contribution in [3.05, 3.63) is 82.8 Å². The second-order valence-corrected chi connectivity index (χ2v) is 6.72. The predicted molar refractivity (Wildman–Crippen MR) is 109 cm³/mol. The van der Waals surface area contributed by atoms with Gasteiger partial charge < -0.3 is 19.2 Å². The fraction of sp³-hybridized carbons (Fsp3) is 0.182. The number of anilines is 1. The lowest BCUT2D eigenvalue weighted by atomic mass is 10.2. The van der Waals surface area contributed by atoms with Crippen LogP contribution >= 0.6 is 11.6 Å². The third-order valence-corrected chi connectivity index (χ3v) is 4.58. The first kappa shape index (κ1) is 20.5. The van der Waals surface area contributed by atoms with E-state index in [-0.39, 0.29) is 12.4 Å². The van der Waals surface area contributed by atoms with Crippen LogP contribution in [0.25, 0.3) is 0 Å². The number of rotatable bonds is 7. The van der Waals surface area contributed by atoms with Crippen molar-refractivity contribution < 1.29 is 23.5 Å². The molecule has 3 rings (SSSR count). The number of carbonyl (C=O) groups excluding carboxylic acids is 2. The summed E-state index contributed by atoms with van der Waals surface area (Å²) in [4.78, 5) is 24.6. The number of hydrogen-bond acceptors (Lipinski definition) is 5. The number of amides is 1. The van der Waals surface area contributed by atoms with Crippen molar-refractivity contribution in [1.29, 1.82) is 0 Å². The highest BCUT2D eigenvalue weighted by molar-refractivity contribution is 6.31. The highest BCUT2D eigenvalue weighted by atomic mass is 35.5. The molecule has 7 heteroatoms. The maximum Gasteiger partial charge on any atom is 0.375 e. The van der Waals surface area contributed by atoms with Crippen LogP contribution in [0.4, 0.5) is 5.69 Å². The largest absolute Gasteiger partial charge is 0.486 e. The molecule has 0 fully saturated rings. The minimum Gasteiger partial charge on any atom is -0.486 e. The molecular weight excluding hydrogens is 394 g/mol. The first-order valence-corrected chi connectivity index (χ1v) is 9.35. The van der Waals surface area contributed by atoms with Gasteiger partial charge in [-0.05, 0) is 55.8 Å². The van der Waals surface area contributed by atoms with Crippen LogP contribution in [-0.4, -0.2) is 18.0 Å². The third kappa shape index (κ3) is 5.39. The molecule has 3 aromatic rings. The molecule has 0 saturated heterocycles. The summed E-state index contributed by atoms with van der Waals surface area (Å²) >= 11 is 6.05. The summed E-state index contributed by atoms with van der Waals surface area (Å²) in [5, 5.41) is 3.24. The smallest absolute Gasteiger partial charge is 0.375 e. The molecule has 6 nitrogen and oxygen atoms in total. The predicted octanol–water partition coefficient (Wildman–Crippen LogP) is 5.00. The van der Waals surface area contributed by atoms with Gasteiger partial charge in [0.2, 0.25) is 5.76 Å². The monoisotopic (exact) mass is 413 g/mol. The van der Waals surface area contributed by atoms with Crippen molar-refractivity contribution in [3.8, 4) is 5.75 Å². The summed E-state index contributed by atoms with van der Waals surface area (Å²) in [6.07, 6.45) is -1.02. The third-order valence-electron chi connectivity index (χ3n) is 4.17. The first-order valence-electron chi connectivity index (χ1n) is 8.97. The Morgan fingerprint density at radius 2 is 1.83 bits per heavy atom. The Balaban J connectivity index is 1.54. The molecule has 0 spiro atoms. The van der Waals surface area contributed by atoms with Gasteiger partial charge in [0.15, 0.2) is 6.10 Å². The molecule has 1 aromatic heterocycles. The molecule has 150 valence electrons. The molecule has 0 aliphatic rings. The van der Waals surface area contributed by atoms with Gasteiger partial charge in [-0.25, -0.2) is 4.79 Å². The number of furan rings is 1.